The molecule has 0 amide bonds. The maximum Gasteiger partial charge on any atom is 0.165 e. The van der Waals surface area contributed by atoms with E-state index >= 15 is 0 Å². The summed E-state index contributed by atoms with van der Waals surface area (Å²) in [6.07, 6.45) is 0. The Morgan fingerprint density at radius 2 is 1.86 bits per heavy atom. The summed E-state index contributed by atoms with van der Waals surface area (Å²) in [5, 5.41) is 14.0. The van der Waals surface area contributed by atoms with Crippen LogP contribution < -0.4 is 9.64 Å². The molecular formula is C21H27N5O2. The molecule has 1 fully saturated rings. The van der Waals surface area contributed by atoms with Crippen LogP contribution in [-0.4, -0.2) is 71.0 Å². The summed E-state index contributed by atoms with van der Waals surface area (Å²) >= 11 is 0. The van der Waals surface area contributed by atoms with Crippen LogP contribution in [0.4, 0.5) is 5.82 Å². The van der Waals surface area contributed by atoms with Crippen LogP contribution in [0.2, 0.25) is 0 Å². The van der Waals surface area contributed by atoms with Gasteiger partial charge in [0.1, 0.15) is 11.6 Å². The van der Waals surface area contributed by atoms with Crippen molar-refractivity contribution in [2.75, 3.05) is 51.3 Å². The molecule has 7 heteroatoms. The number of methoxy groups -OCH3 is 1. The molecule has 7 nitrogen and oxygen atoms in total. The number of aryl methyl sites for hydroxylation is 2. The molecule has 28 heavy (non-hydrogen) atoms. The predicted molar refractivity (Wildman–Crippen MR) is 110 cm³/mol. The first-order chi connectivity index (χ1) is 13.6. The van der Waals surface area contributed by atoms with E-state index < -0.39 is 0 Å². The Labute approximate surface area is 165 Å². The second-order valence-corrected chi connectivity index (χ2v) is 7.20. The molecule has 1 aliphatic heterocycles. The molecule has 1 aliphatic rings. The first kappa shape index (κ1) is 18.7. The van der Waals surface area contributed by atoms with Crippen molar-refractivity contribution in [1.82, 2.24) is 19.5 Å². The van der Waals surface area contributed by atoms with Crippen molar-refractivity contribution >= 4 is 11.5 Å². The highest BCUT2D eigenvalue weighted by Crippen LogP contribution is 2.35. The minimum Gasteiger partial charge on any atom is -0.496 e. The minimum atomic E-state index is 0.208. The Kier molecular flexibility index (Phi) is 5.19. The molecule has 3 heterocycles. The maximum absolute atomic E-state index is 9.18. The third-order valence-electron chi connectivity index (χ3n) is 5.36. The molecule has 1 N–H and O–H groups in total. The molecule has 0 bridgehead atoms. The summed E-state index contributed by atoms with van der Waals surface area (Å²) in [7, 11) is 1.69. The number of β-amino-alcohol motifs (C(OH)–C–C–N with tert-alkyl or cyclic N) is 1. The number of benzene rings is 1. The second kappa shape index (κ2) is 7.77. The summed E-state index contributed by atoms with van der Waals surface area (Å²) in [5.74, 6) is 1.89. The average molecular weight is 381 g/mol. The quantitative estimate of drug-likeness (QED) is 0.730. The average Bonchev–Trinajstić information content (AvgIpc) is 3.03. The lowest BCUT2D eigenvalue weighted by Gasteiger charge is -2.35. The van der Waals surface area contributed by atoms with E-state index in [4.69, 9.17) is 14.8 Å². The number of fused-ring (bicyclic) bond motifs is 1. The molecule has 4 rings (SSSR count). The zero-order valence-electron chi connectivity index (χ0n) is 16.7. The Morgan fingerprint density at radius 3 is 2.57 bits per heavy atom. The van der Waals surface area contributed by atoms with Crippen molar-refractivity contribution < 1.29 is 9.84 Å². The fourth-order valence-electron chi connectivity index (χ4n) is 3.96. The standard InChI is InChI=1S/C21H27N5O2/c1-15-14-19(25-10-8-24(9-11-25)12-13-27)26-21(22-15)20(16(2)23-26)17-6-4-5-7-18(17)28-3/h4-7,14,27H,8-13H2,1-3H3. The number of ether oxygens (including phenoxy) is 1. The molecule has 0 saturated carbocycles. The number of aliphatic hydroxyl groups is 1. The predicted octanol–water partition coefficient (Wildman–Crippen LogP) is 2.14. The zero-order chi connectivity index (χ0) is 19.7. The Balaban J connectivity index is 1.79. The molecule has 2 aromatic heterocycles. The number of nitrogens with zero attached hydrogens (tertiary/aromatic N) is 5. The molecule has 0 radical (unpaired) electrons. The molecular weight excluding hydrogens is 354 g/mol. The van der Waals surface area contributed by atoms with Gasteiger partial charge in [-0.15, -0.1) is 0 Å². The van der Waals surface area contributed by atoms with Crippen LogP contribution in [-0.2, 0) is 0 Å². The number of hydrogen-bond acceptors (Lipinski definition) is 6. The number of anilines is 1. The van der Waals surface area contributed by atoms with E-state index in [1.165, 1.54) is 0 Å². The second-order valence-electron chi connectivity index (χ2n) is 7.20. The van der Waals surface area contributed by atoms with Crippen molar-refractivity contribution in [3.05, 3.63) is 41.7 Å². The van der Waals surface area contributed by atoms with E-state index in [-0.39, 0.29) is 6.61 Å². The van der Waals surface area contributed by atoms with E-state index in [0.717, 1.165) is 72.5 Å². The van der Waals surface area contributed by atoms with Crippen LogP contribution in [0.25, 0.3) is 16.8 Å². The Hall–Kier alpha value is -2.64. The topological polar surface area (TPSA) is 66.1 Å². The van der Waals surface area contributed by atoms with Crippen molar-refractivity contribution in [2.45, 2.75) is 13.8 Å². The van der Waals surface area contributed by atoms with Crippen LogP contribution in [0.15, 0.2) is 30.3 Å². The van der Waals surface area contributed by atoms with Crippen molar-refractivity contribution in [2.24, 2.45) is 0 Å². The van der Waals surface area contributed by atoms with Gasteiger partial charge in [0.2, 0.25) is 0 Å². The van der Waals surface area contributed by atoms with Gasteiger partial charge in [0.25, 0.3) is 0 Å². The Bertz CT molecular complexity index is 976. The van der Waals surface area contributed by atoms with Crippen molar-refractivity contribution in [3.63, 3.8) is 0 Å². The van der Waals surface area contributed by atoms with E-state index in [9.17, 15) is 5.11 Å². The minimum absolute atomic E-state index is 0.208. The summed E-state index contributed by atoms with van der Waals surface area (Å²) in [6, 6.07) is 10.1. The van der Waals surface area contributed by atoms with Gasteiger partial charge in [-0.05, 0) is 19.9 Å². The number of piperazine rings is 1. The van der Waals surface area contributed by atoms with Gasteiger partial charge in [0.05, 0.1) is 25.0 Å². The van der Waals surface area contributed by atoms with E-state index in [1.807, 2.05) is 36.6 Å². The molecule has 0 spiro atoms. The highest BCUT2D eigenvalue weighted by atomic mass is 16.5. The van der Waals surface area contributed by atoms with Crippen LogP contribution in [0.5, 0.6) is 5.75 Å². The number of hydrogen-bond donors (Lipinski definition) is 1. The van der Waals surface area contributed by atoms with E-state index in [0.29, 0.717) is 0 Å². The van der Waals surface area contributed by atoms with E-state index in [2.05, 4.69) is 21.9 Å². The normalized spacial score (nSPS) is 15.4. The lowest BCUT2D eigenvalue weighted by molar-refractivity contribution is 0.188. The number of rotatable bonds is 5. The molecule has 148 valence electrons. The van der Waals surface area contributed by atoms with Gasteiger partial charge >= 0.3 is 0 Å². The first-order valence-electron chi connectivity index (χ1n) is 9.71. The van der Waals surface area contributed by atoms with Gasteiger partial charge in [-0.2, -0.15) is 9.61 Å². The molecule has 0 atom stereocenters. The largest absolute Gasteiger partial charge is 0.496 e. The maximum atomic E-state index is 9.18. The van der Waals surface area contributed by atoms with Gasteiger partial charge in [-0.25, -0.2) is 4.98 Å². The smallest absolute Gasteiger partial charge is 0.165 e. The lowest BCUT2D eigenvalue weighted by Crippen LogP contribution is -2.47. The summed E-state index contributed by atoms with van der Waals surface area (Å²) < 4.78 is 7.55. The summed E-state index contributed by atoms with van der Waals surface area (Å²) in [5.41, 5.74) is 4.78. The van der Waals surface area contributed by atoms with Gasteiger partial charge in [0.15, 0.2) is 5.65 Å². The van der Waals surface area contributed by atoms with Crippen LogP contribution >= 0.6 is 0 Å². The fourth-order valence-corrected chi connectivity index (χ4v) is 3.96. The van der Waals surface area contributed by atoms with Crippen molar-refractivity contribution in [3.8, 4) is 16.9 Å². The highest BCUT2D eigenvalue weighted by Gasteiger charge is 2.23. The number of aliphatic hydroxyl groups excluding tert-OH is 1. The van der Waals surface area contributed by atoms with Crippen LogP contribution in [0, 0.1) is 13.8 Å². The summed E-state index contributed by atoms with van der Waals surface area (Å²) in [4.78, 5) is 9.47. The van der Waals surface area contributed by atoms with E-state index in [1.54, 1.807) is 7.11 Å². The third-order valence-corrected chi connectivity index (χ3v) is 5.36. The van der Waals surface area contributed by atoms with Gasteiger partial charge < -0.3 is 14.7 Å². The monoisotopic (exact) mass is 381 g/mol. The molecule has 1 aromatic carbocycles. The first-order valence-corrected chi connectivity index (χ1v) is 9.71. The molecule has 0 aliphatic carbocycles. The molecule has 3 aromatic rings. The number of aromatic nitrogens is 3. The van der Waals surface area contributed by atoms with Crippen molar-refractivity contribution in [1.29, 1.82) is 0 Å². The van der Waals surface area contributed by atoms with Gasteiger partial charge in [-0.3, -0.25) is 4.90 Å². The van der Waals surface area contributed by atoms with Crippen LogP contribution in [0.1, 0.15) is 11.4 Å². The Morgan fingerprint density at radius 1 is 1.11 bits per heavy atom. The molecule has 0 unspecified atom stereocenters. The summed E-state index contributed by atoms with van der Waals surface area (Å²) in [6.45, 7) is 8.67. The lowest BCUT2D eigenvalue weighted by atomic mass is 10.1. The van der Waals surface area contributed by atoms with Crippen LogP contribution in [0.3, 0.4) is 0 Å². The fraction of sp³-hybridized carbons (Fsp3) is 0.429. The number of para-hydroxylation sites is 1. The third kappa shape index (κ3) is 3.31. The zero-order valence-corrected chi connectivity index (χ0v) is 16.7. The van der Waals surface area contributed by atoms with Gasteiger partial charge in [-0.1, -0.05) is 18.2 Å². The molecule has 1 saturated heterocycles. The highest BCUT2D eigenvalue weighted by molar-refractivity contribution is 5.84. The SMILES string of the molecule is COc1ccccc1-c1c(C)nn2c(N3CCN(CCO)CC3)cc(C)nc12. The van der Waals surface area contributed by atoms with Gasteiger partial charge in [0, 0.05) is 50.0 Å².